The smallest absolute Gasteiger partial charge is 0.407 e. The largest absolute Gasteiger partial charge is 0.444 e. The standard InChI is InChI=1S/C34H36N8O4/c1-5-6-20-40-28-29(38-31(40)39-19-11-12-23(21-39)37-32(44)46-34(2,3)4)42(25-13-8-7-9-14-25)33(45)41(30(28)43)22-24-16-17-26-27(36-24)15-10-18-35-26/h7-10,13-18,23H,11-12,19-22H2,1-4H3,(H,37,44)/t23-/m1/s1. The number of carbonyl (C=O) groups excluding carboxylic acids is 1. The Hall–Kier alpha value is -5.44. The highest BCUT2D eigenvalue weighted by Crippen LogP contribution is 2.25. The van der Waals surface area contributed by atoms with Crippen LogP contribution in [0.4, 0.5) is 10.7 Å². The van der Waals surface area contributed by atoms with Crippen molar-refractivity contribution in [3.05, 3.63) is 87.3 Å². The minimum Gasteiger partial charge on any atom is -0.444 e. The molecule has 0 unspecified atom stereocenters. The number of benzene rings is 1. The molecule has 0 spiro atoms. The zero-order chi connectivity index (χ0) is 32.4. The first kappa shape index (κ1) is 30.6. The molecule has 1 aliphatic rings. The Labute approximate surface area is 265 Å². The molecule has 1 aromatic carbocycles. The van der Waals surface area contributed by atoms with Crippen LogP contribution in [0.5, 0.6) is 0 Å². The van der Waals surface area contributed by atoms with Gasteiger partial charge in [0.05, 0.1) is 35.5 Å². The van der Waals surface area contributed by atoms with E-state index in [1.807, 2.05) is 68.1 Å². The van der Waals surface area contributed by atoms with Gasteiger partial charge in [-0.05, 0) is 76.9 Å². The van der Waals surface area contributed by atoms with Crippen molar-refractivity contribution in [1.29, 1.82) is 0 Å². The van der Waals surface area contributed by atoms with Crippen molar-refractivity contribution in [3.8, 4) is 17.5 Å². The van der Waals surface area contributed by atoms with Crippen LogP contribution in [0.1, 0.15) is 46.2 Å². The summed E-state index contributed by atoms with van der Waals surface area (Å²) < 4.78 is 9.93. The number of rotatable bonds is 6. The second kappa shape index (κ2) is 12.5. The van der Waals surface area contributed by atoms with Crippen LogP contribution in [0, 0.1) is 11.8 Å². The highest BCUT2D eigenvalue weighted by molar-refractivity contribution is 5.77. The van der Waals surface area contributed by atoms with Gasteiger partial charge in [-0.1, -0.05) is 24.1 Å². The zero-order valence-electron chi connectivity index (χ0n) is 26.4. The van der Waals surface area contributed by atoms with E-state index in [-0.39, 0.29) is 30.3 Å². The van der Waals surface area contributed by atoms with E-state index in [0.29, 0.717) is 35.9 Å². The number of para-hydroxylation sites is 1. The number of hydrogen-bond acceptors (Lipinski definition) is 8. The fourth-order valence-electron chi connectivity index (χ4n) is 5.72. The normalized spacial score (nSPS) is 15.0. The maximum Gasteiger partial charge on any atom is 0.407 e. The van der Waals surface area contributed by atoms with Gasteiger partial charge in [-0.3, -0.25) is 18.9 Å². The Morgan fingerprint density at radius 2 is 1.83 bits per heavy atom. The minimum atomic E-state index is -0.620. The van der Waals surface area contributed by atoms with E-state index in [4.69, 9.17) is 9.72 Å². The number of nitrogens with one attached hydrogen (secondary N) is 1. The van der Waals surface area contributed by atoms with Gasteiger partial charge in [-0.2, -0.15) is 4.98 Å². The Bertz CT molecular complexity index is 2100. The number of aromatic nitrogens is 6. The van der Waals surface area contributed by atoms with Crippen molar-refractivity contribution in [2.45, 2.75) is 65.3 Å². The van der Waals surface area contributed by atoms with Crippen LogP contribution in [0.3, 0.4) is 0 Å². The number of pyridine rings is 2. The van der Waals surface area contributed by atoms with Gasteiger partial charge in [0.2, 0.25) is 5.95 Å². The van der Waals surface area contributed by atoms with Crippen LogP contribution < -0.4 is 21.5 Å². The molecular weight excluding hydrogens is 584 g/mol. The highest BCUT2D eigenvalue weighted by atomic mass is 16.6. The molecule has 12 nitrogen and oxygen atoms in total. The molecule has 6 rings (SSSR count). The fraction of sp³-hybridized carbons (Fsp3) is 0.353. The van der Waals surface area contributed by atoms with E-state index in [9.17, 15) is 14.4 Å². The van der Waals surface area contributed by atoms with Gasteiger partial charge in [-0.25, -0.2) is 19.1 Å². The van der Waals surface area contributed by atoms with Gasteiger partial charge in [0, 0.05) is 25.3 Å². The quantitative estimate of drug-likeness (QED) is 0.284. The number of amides is 1. The van der Waals surface area contributed by atoms with Gasteiger partial charge in [-0.15, -0.1) is 5.92 Å². The zero-order valence-corrected chi connectivity index (χ0v) is 26.4. The van der Waals surface area contributed by atoms with Gasteiger partial charge in [0.15, 0.2) is 11.2 Å². The molecule has 1 N–H and O–H groups in total. The number of imidazole rings is 1. The van der Waals surface area contributed by atoms with Gasteiger partial charge in [0.1, 0.15) is 5.60 Å². The lowest BCUT2D eigenvalue weighted by Crippen LogP contribution is -2.49. The molecular formula is C34H36N8O4. The minimum absolute atomic E-state index is 0.0448. The molecule has 1 fully saturated rings. The fourth-order valence-corrected chi connectivity index (χ4v) is 5.72. The molecule has 1 amide bonds. The molecule has 5 aromatic rings. The number of fused-ring (bicyclic) bond motifs is 2. The molecule has 46 heavy (non-hydrogen) atoms. The molecule has 236 valence electrons. The van der Waals surface area contributed by atoms with E-state index in [1.165, 1.54) is 9.13 Å². The Morgan fingerprint density at radius 3 is 2.59 bits per heavy atom. The summed E-state index contributed by atoms with van der Waals surface area (Å²) in [5.41, 5.74) is 1.36. The van der Waals surface area contributed by atoms with Crippen LogP contribution in [0.2, 0.25) is 0 Å². The number of carbonyl (C=O) groups is 1. The van der Waals surface area contributed by atoms with Crippen molar-refractivity contribution in [1.82, 2.24) is 34.0 Å². The van der Waals surface area contributed by atoms with Gasteiger partial charge in [0.25, 0.3) is 5.56 Å². The van der Waals surface area contributed by atoms with Crippen molar-refractivity contribution in [3.63, 3.8) is 0 Å². The second-order valence-electron chi connectivity index (χ2n) is 12.2. The third-order valence-corrected chi connectivity index (χ3v) is 7.70. The summed E-state index contributed by atoms with van der Waals surface area (Å²) in [6, 6.07) is 16.2. The molecule has 1 atom stereocenters. The third kappa shape index (κ3) is 6.21. The lowest BCUT2D eigenvalue weighted by atomic mass is 10.1. The number of nitrogens with zero attached hydrogens (tertiary/aromatic N) is 7. The first-order chi connectivity index (χ1) is 22.1. The SMILES string of the molecule is CC#CCn1c(N2CCC[C@@H](NC(=O)OC(C)(C)C)C2)nc2c1c(=O)n(Cc1ccc3ncccc3n1)c(=O)n2-c1ccccc1. The number of ether oxygens (including phenoxy) is 1. The molecule has 5 heterocycles. The second-order valence-corrected chi connectivity index (χ2v) is 12.2. The molecule has 0 saturated carbocycles. The third-order valence-electron chi connectivity index (χ3n) is 7.70. The van der Waals surface area contributed by atoms with Crippen molar-refractivity contribution in [2.75, 3.05) is 18.0 Å². The van der Waals surface area contributed by atoms with Gasteiger partial charge < -0.3 is 15.0 Å². The first-order valence-electron chi connectivity index (χ1n) is 15.3. The first-order valence-corrected chi connectivity index (χ1v) is 15.3. The summed E-state index contributed by atoms with van der Waals surface area (Å²) >= 11 is 0. The summed E-state index contributed by atoms with van der Waals surface area (Å²) in [5, 5.41) is 2.98. The van der Waals surface area contributed by atoms with Crippen LogP contribution in [0.25, 0.3) is 27.9 Å². The number of piperidine rings is 1. The summed E-state index contributed by atoms with van der Waals surface area (Å²) in [6.45, 7) is 8.44. The molecule has 1 aliphatic heterocycles. The Kier molecular flexibility index (Phi) is 8.32. The van der Waals surface area contributed by atoms with Crippen LogP contribution in [0.15, 0.2) is 70.4 Å². The maximum atomic E-state index is 14.3. The number of alkyl carbamates (subject to hydrolysis) is 1. The average molecular weight is 621 g/mol. The van der Waals surface area contributed by atoms with Crippen molar-refractivity contribution < 1.29 is 9.53 Å². The van der Waals surface area contributed by atoms with E-state index in [0.717, 1.165) is 18.4 Å². The average Bonchev–Trinajstić information content (AvgIpc) is 3.41. The predicted octanol–water partition coefficient (Wildman–Crippen LogP) is 3.86. The topological polar surface area (TPSA) is 129 Å². The predicted molar refractivity (Wildman–Crippen MR) is 176 cm³/mol. The summed E-state index contributed by atoms with van der Waals surface area (Å²) in [5.74, 6) is 6.51. The number of anilines is 1. The summed E-state index contributed by atoms with van der Waals surface area (Å²) in [6.07, 6.45) is 2.75. The van der Waals surface area contributed by atoms with Crippen LogP contribution in [-0.2, 0) is 17.8 Å². The van der Waals surface area contributed by atoms with E-state index >= 15 is 0 Å². The van der Waals surface area contributed by atoms with Crippen LogP contribution in [-0.4, -0.2) is 59.5 Å². The molecule has 0 bridgehead atoms. The molecule has 1 saturated heterocycles. The van der Waals surface area contributed by atoms with E-state index < -0.39 is 22.9 Å². The molecule has 12 heteroatoms. The van der Waals surface area contributed by atoms with E-state index in [2.05, 4.69) is 27.1 Å². The molecule has 0 radical (unpaired) electrons. The lowest BCUT2D eigenvalue weighted by Gasteiger charge is -2.34. The number of hydrogen-bond donors (Lipinski definition) is 1. The Balaban J connectivity index is 1.49. The van der Waals surface area contributed by atoms with Crippen LogP contribution >= 0.6 is 0 Å². The summed E-state index contributed by atoms with van der Waals surface area (Å²) in [4.78, 5) is 57.1. The lowest BCUT2D eigenvalue weighted by molar-refractivity contribution is 0.0499. The van der Waals surface area contributed by atoms with Crippen molar-refractivity contribution >= 4 is 34.2 Å². The monoisotopic (exact) mass is 620 g/mol. The summed E-state index contributed by atoms with van der Waals surface area (Å²) in [7, 11) is 0. The van der Waals surface area contributed by atoms with Crippen molar-refractivity contribution in [2.24, 2.45) is 0 Å². The highest BCUT2D eigenvalue weighted by Gasteiger charge is 2.30. The van der Waals surface area contributed by atoms with E-state index in [1.54, 1.807) is 29.8 Å². The molecule has 0 aliphatic carbocycles. The maximum absolute atomic E-state index is 14.3. The van der Waals surface area contributed by atoms with Gasteiger partial charge >= 0.3 is 11.8 Å². The Morgan fingerprint density at radius 1 is 1.02 bits per heavy atom. The molecule has 4 aromatic heterocycles.